The second-order valence-corrected chi connectivity index (χ2v) is 27.1. The van der Waals surface area contributed by atoms with Gasteiger partial charge in [-0.05, 0) is 101 Å². The zero-order valence-electron chi connectivity index (χ0n) is 31.8. The van der Waals surface area contributed by atoms with Crippen molar-refractivity contribution in [1.29, 1.82) is 0 Å². The highest BCUT2D eigenvalue weighted by Gasteiger charge is 2.52. The lowest BCUT2D eigenvalue weighted by Gasteiger charge is -2.46. The summed E-state index contributed by atoms with van der Waals surface area (Å²) in [6, 6.07) is 29.2. The molecule has 2 unspecified atom stereocenters. The Morgan fingerprint density at radius 2 is 0.943 bits per heavy atom. The molecule has 4 aromatic carbocycles. The predicted molar refractivity (Wildman–Crippen MR) is 223 cm³/mol. The van der Waals surface area contributed by atoms with Crippen LogP contribution in [0.25, 0.3) is 21.8 Å². The summed E-state index contributed by atoms with van der Waals surface area (Å²) in [4.78, 5) is 32.1. The number of rotatable bonds is 8. The SMILES string of the molecule is CC(C)(Cc1ccc(C2(O)c3ccccc3C(O)(c3ccc(CC(C)(C)[Si](C)(C)O)c4ncccc34)c3cc(Br)ccc32)c2cccnc12)[Si](C)(C)O. The molecule has 6 nitrogen and oxygen atoms in total. The molecule has 0 fully saturated rings. The van der Waals surface area contributed by atoms with Gasteiger partial charge in [0.15, 0.2) is 16.6 Å². The fraction of sp³-hybridized carbons (Fsp3) is 0.318. The van der Waals surface area contributed by atoms with Crippen molar-refractivity contribution in [3.05, 3.63) is 152 Å². The van der Waals surface area contributed by atoms with Crippen molar-refractivity contribution in [1.82, 2.24) is 9.97 Å². The molecule has 1 aliphatic carbocycles. The fourth-order valence-electron chi connectivity index (χ4n) is 7.88. The number of hydrogen-bond acceptors (Lipinski definition) is 6. The molecule has 1 aliphatic rings. The van der Waals surface area contributed by atoms with Gasteiger partial charge in [0.2, 0.25) is 0 Å². The third-order valence-electron chi connectivity index (χ3n) is 12.5. The molecule has 2 heterocycles. The molecule has 0 radical (unpaired) electrons. The summed E-state index contributed by atoms with van der Waals surface area (Å²) in [5.41, 5.74) is 3.88. The van der Waals surface area contributed by atoms with Crippen LogP contribution in [0.15, 0.2) is 108 Å². The first-order valence-electron chi connectivity index (χ1n) is 18.3. The molecule has 7 rings (SSSR count). The van der Waals surface area contributed by atoms with Gasteiger partial charge in [-0.1, -0.05) is 110 Å². The first-order valence-corrected chi connectivity index (χ1v) is 24.9. The lowest BCUT2D eigenvalue weighted by molar-refractivity contribution is 0.0762. The molecule has 53 heavy (non-hydrogen) atoms. The Balaban J connectivity index is 1.49. The highest BCUT2D eigenvalue weighted by molar-refractivity contribution is 9.10. The molecule has 2 atom stereocenters. The number of pyridine rings is 2. The summed E-state index contributed by atoms with van der Waals surface area (Å²) in [7, 11) is -5.06. The third kappa shape index (κ3) is 5.96. The second kappa shape index (κ2) is 12.8. The number of hydrogen-bond donors (Lipinski definition) is 4. The summed E-state index contributed by atoms with van der Waals surface area (Å²) in [5, 5.41) is 28.0. The van der Waals surface area contributed by atoms with Gasteiger partial charge >= 0.3 is 0 Å². The Kier molecular flexibility index (Phi) is 9.09. The van der Waals surface area contributed by atoms with Crippen LogP contribution in [0.3, 0.4) is 0 Å². The zero-order valence-corrected chi connectivity index (χ0v) is 35.4. The Morgan fingerprint density at radius 1 is 0.547 bits per heavy atom. The van der Waals surface area contributed by atoms with Gasteiger partial charge in [-0.25, -0.2) is 0 Å². The lowest BCUT2D eigenvalue weighted by atomic mass is 9.62. The summed E-state index contributed by atoms with van der Waals surface area (Å²) in [5.74, 6) is 0. The molecule has 0 saturated heterocycles. The highest BCUT2D eigenvalue weighted by Crippen LogP contribution is 2.56. The van der Waals surface area contributed by atoms with Gasteiger partial charge in [0.25, 0.3) is 0 Å². The first kappa shape index (κ1) is 37.8. The molecular weight excluding hydrogens is 757 g/mol. The van der Waals surface area contributed by atoms with Gasteiger partial charge in [-0.2, -0.15) is 0 Å². The first-order chi connectivity index (χ1) is 24.7. The molecule has 9 heteroatoms. The Bertz CT molecular complexity index is 2400. The number of nitrogens with zero attached hydrogens (tertiary/aromatic N) is 2. The average Bonchev–Trinajstić information content (AvgIpc) is 3.09. The number of benzene rings is 4. The van der Waals surface area contributed by atoms with E-state index >= 15 is 0 Å². The molecule has 6 aromatic rings. The van der Waals surface area contributed by atoms with Crippen molar-refractivity contribution in [2.24, 2.45) is 0 Å². The molecule has 0 spiro atoms. The van der Waals surface area contributed by atoms with Gasteiger partial charge < -0.3 is 19.8 Å². The van der Waals surface area contributed by atoms with E-state index in [0.29, 0.717) is 46.2 Å². The van der Waals surface area contributed by atoms with Gasteiger partial charge in [0, 0.05) is 44.3 Å². The van der Waals surface area contributed by atoms with Crippen LogP contribution in [0.1, 0.15) is 72.2 Å². The standard InChI is InChI=1S/C44H49BrN2O4Si2/c1-41(2,52(5,6)50)26-28-17-20-33(31-13-11-23-46-39(28)31)43(48)35-15-9-10-16-36(35)44(49,38-25-30(45)19-22-37(38)43)34-21-18-29(27-42(3,4)53(7,8)51)40-32(34)14-12-24-47-40/h9-25,48-51H,26-27H2,1-8H3. The zero-order chi connectivity index (χ0) is 38.4. The Hall–Kier alpha value is -3.55. The third-order valence-corrected chi connectivity index (χ3v) is 20.0. The van der Waals surface area contributed by atoms with Crippen LogP contribution in [0.4, 0.5) is 0 Å². The van der Waals surface area contributed by atoms with Crippen LogP contribution < -0.4 is 0 Å². The van der Waals surface area contributed by atoms with Crippen molar-refractivity contribution in [3.63, 3.8) is 0 Å². The monoisotopic (exact) mass is 804 g/mol. The van der Waals surface area contributed by atoms with E-state index < -0.39 is 27.8 Å². The van der Waals surface area contributed by atoms with Crippen LogP contribution in [0.2, 0.25) is 36.3 Å². The smallest absolute Gasteiger partial charge is 0.188 e. The van der Waals surface area contributed by atoms with Crippen molar-refractivity contribution in [2.45, 2.75) is 88.0 Å². The number of aromatic nitrogens is 2. The van der Waals surface area contributed by atoms with Crippen molar-refractivity contribution in [2.75, 3.05) is 0 Å². The fourth-order valence-corrected chi connectivity index (χ4v) is 9.49. The molecule has 274 valence electrons. The highest BCUT2D eigenvalue weighted by atomic mass is 79.9. The van der Waals surface area contributed by atoms with Crippen LogP contribution in [0.5, 0.6) is 0 Å². The van der Waals surface area contributed by atoms with Gasteiger partial charge in [0.05, 0.1) is 11.0 Å². The van der Waals surface area contributed by atoms with Crippen LogP contribution in [-0.4, -0.2) is 46.4 Å². The maximum atomic E-state index is 13.5. The Labute approximate surface area is 323 Å². The number of aliphatic hydroxyl groups is 2. The minimum atomic E-state index is -2.53. The molecule has 2 aromatic heterocycles. The second-order valence-electron chi connectivity index (χ2n) is 17.2. The summed E-state index contributed by atoms with van der Waals surface area (Å²) in [6.45, 7) is 16.3. The quantitative estimate of drug-likeness (QED) is 0.114. The maximum absolute atomic E-state index is 13.5. The maximum Gasteiger partial charge on any atom is 0.188 e. The molecule has 0 bridgehead atoms. The van der Waals surface area contributed by atoms with Gasteiger partial charge in [-0.3, -0.25) is 9.97 Å². The van der Waals surface area contributed by atoms with Gasteiger partial charge in [0.1, 0.15) is 11.2 Å². The van der Waals surface area contributed by atoms with Crippen molar-refractivity contribution < 1.29 is 19.8 Å². The lowest BCUT2D eigenvalue weighted by Crippen LogP contribution is -2.44. The molecule has 0 aliphatic heterocycles. The van der Waals surface area contributed by atoms with E-state index in [1.54, 1.807) is 12.4 Å². The average molecular weight is 806 g/mol. The normalized spacial score (nSPS) is 19.3. The van der Waals surface area contributed by atoms with E-state index in [4.69, 9.17) is 9.97 Å². The molecule has 0 amide bonds. The largest absolute Gasteiger partial charge is 0.432 e. The van der Waals surface area contributed by atoms with E-state index in [1.165, 1.54) is 0 Å². The minimum absolute atomic E-state index is 0.318. The topological polar surface area (TPSA) is 107 Å². The predicted octanol–water partition coefficient (Wildman–Crippen LogP) is 9.47. The van der Waals surface area contributed by atoms with Gasteiger partial charge in [-0.15, -0.1) is 0 Å². The molecular formula is C44H49BrN2O4Si2. The molecule has 4 N–H and O–H groups in total. The minimum Gasteiger partial charge on any atom is -0.432 e. The summed E-state index contributed by atoms with van der Waals surface area (Å²) >= 11 is 3.70. The van der Waals surface area contributed by atoms with E-state index in [1.807, 2.05) is 117 Å². The van der Waals surface area contributed by atoms with Crippen molar-refractivity contribution >= 4 is 54.4 Å². The number of fused-ring (bicyclic) bond motifs is 4. The number of halogens is 1. The van der Waals surface area contributed by atoms with E-state index in [2.05, 4.69) is 43.6 Å². The summed E-state index contributed by atoms with van der Waals surface area (Å²) < 4.78 is 0.771. The van der Waals surface area contributed by atoms with Crippen LogP contribution in [-0.2, 0) is 24.0 Å². The summed E-state index contributed by atoms with van der Waals surface area (Å²) in [6.07, 6.45) is 4.83. The van der Waals surface area contributed by atoms with Crippen LogP contribution in [0, 0.1) is 0 Å². The van der Waals surface area contributed by atoms with E-state index in [9.17, 15) is 19.8 Å². The van der Waals surface area contributed by atoms with E-state index in [-0.39, 0.29) is 10.1 Å². The Morgan fingerprint density at radius 3 is 1.38 bits per heavy atom. The molecule has 0 saturated carbocycles. The van der Waals surface area contributed by atoms with E-state index in [0.717, 1.165) is 37.4 Å². The van der Waals surface area contributed by atoms with Crippen molar-refractivity contribution in [3.8, 4) is 0 Å². The van der Waals surface area contributed by atoms with Crippen LogP contribution >= 0.6 is 15.9 Å².